The lowest BCUT2D eigenvalue weighted by atomic mass is 9.88. The van der Waals surface area contributed by atoms with E-state index in [1.54, 1.807) is 19.1 Å². The van der Waals surface area contributed by atoms with Crippen LogP contribution in [0.1, 0.15) is 49.0 Å². The molecule has 0 bridgehead atoms. The number of rotatable bonds is 11. The molecule has 1 aliphatic heterocycles. The second kappa shape index (κ2) is 11.7. The van der Waals surface area contributed by atoms with Crippen LogP contribution in [0.25, 0.3) is 10.9 Å². The number of alkyl halides is 3. The first-order valence-corrected chi connectivity index (χ1v) is 12.4. The van der Waals surface area contributed by atoms with Crippen molar-refractivity contribution in [1.82, 2.24) is 9.88 Å². The number of aliphatic carboxylic acids is 1. The van der Waals surface area contributed by atoms with E-state index in [0.29, 0.717) is 36.9 Å². The Kier molecular flexibility index (Phi) is 8.57. The number of para-hydroxylation sites is 1. The zero-order valence-corrected chi connectivity index (χ0v) is 20.8. The van der Waals surface area contributed by atoms with Crippen LogP contribution in [-0.4, -0.2) is 59.5 Å². The largest absolute Gasteiger partial charge is 0.493 e. The molecule has 0 spiro atoms. The van der Waals surface area contributed by atoms with Gasteiger partial charge in [-0.25, -0.2) is 13.6 Å². The average molecular weight is 541 g/mol. The first-order chi connectivity index (χ1) is 18.0. The molecule has 2 aromatic carbocycles. The van der Waals surface area contributed by atoms with Gasteiger partial charge in [0.15, 0.2) is 0 Å². The maximum Gasteiger partial charge on any atom is 0.401 e. The van der Waals surface area contributed by atoms with Crippen LogP contribution < -0.4 is 4.74 Å². The summed E-state index contributed by atoms with van der Waals surface area (Å²) >= 11 is 0. The highest BCUT2D eigenvalue weighted by molar-refractivity contribution is 5.85. The monoisotopic (exact) mass is 540 g/mol. The number of nitrogens with zero attached hydrogens (tertiary/aromatic N) is 1. The predicted molar refractivity (Wildman–Crippen MR) is 130 cm³/mol. The van der Waals surface area contributed by atoms with Gasteiger partial charge in [-0.2, -0.15) is 13.2 Å². The number of hydrogen-bond donors (Lipinski definition) is 2. The molecule has 0 radical (unpaired) electrons. The van der Waals surface area contributed by atoms with Crippen LogP contribution in [0.5, 0.6) is 5.75 Å². The molecule has 0 saturated carbocycles. The molecule has 0 aliphatic carbocycles. The van der Waals surface area contributed by atoms with Crippen LogP contribution in [0.3, 0.4) is 0 Å². The molecule has 2 N–H and O–H groups in total. The molecular formula is C27H29F5N2O4. The highest BCUT2D eigenvalue weighted by Crippen LogP contribution is 2.44. The predicted octanol–water partition coefficient (Wildman–Crippen LogP) is 5.99. The number of halogens is 5. The van der Waals surface area contributed by atoms with Gasteiger partial charge < -0.3 is 19.6 Å². The van der Waals surface area contributed by atoms with E-state index in [-0.39, 0.29) is 25.6 Å². The highest BCUT2D eigenvalue weighted by Gasteiger charge is 2.43. The zero-order chi connectivity index (χ0) is 27.4. The number of carboxylic acid groups (broad SMARTS) is 1. The summed E-state index contributed by atoms with van der Waals surface area (Å²) in [5.74, 6) is -3.09. The van der Waals surface area contributed by atoms with Gasteiger partial charge in [-0.15, -0.1) is 0 Å². The number of benzene rings is 2. The van der Waals surface area contributed by atoms with Crippen molar-refractivity contribution in [3.8, 4) is 5.75 Å². The second-order valence-corrected chi connectivity index (χ2v) is 9.46. The molecule has 2 atom stereocenters. The van der Waals surface area contributed by atoms with Gasteiger partial charge in [-0.3, -0.25) is 4.90 Å². The van der Waals surface area contributed by atoms with Crippen LogP contribution >= 0.6 is 0 Å². The summed E-state index contributed by atoms with van der Waals surface area (Å²) < 4.78 is 82.0. The molecule has 11 heteroatoms. The van der Waals surface area contributed by atoms with Gasteiger partial charge in [0, 0.05) is 46.9 Å². The summed E-state index contributed by atoms with van der Waals surface area (Å²) in [5.41, 5.74) is 1.34. The van der Waals surface area contributed by atoms with Crippen LogP contribution in [0, 0.1) is 11.6 Å². The Hall–Kier alpha value is -3.18. The third kappa shape index (κ3) is 6.44. The molecule has 0 saturated heterocycles. The minimum Gasteiger partial charge on any atom is -0.493 e. The number of fused-ring (bicyclic) bond motifs is 3. The summed E-state index contributed by atoms with van der Waals surface area (Å²) in [7, 11) is 0. The number of H-pyrrole nitrogens is 1. The minimum absolute atomic E-state index is 0.0611. The Morgan fingerprint density at radius 3 is 2.47 bits per heavy atom. The van der Waals surface area contributed by atoms with Crippen LogP contribution in [-0.2, 0) is 16.0 Å². The average Bonchev–Trinajstić information content (AvgIpc) is 3.19. The van der Waals surface area contributed by atoms with Gasteiger partial charge in [0.1, 0.15) is 24.0 Å². The maximum atomic E-state index is 15.5. The molecule has 6 nitrogen and oxygen atoms in total. The minimum atomic E-state index is -4.56. The van der Waals surface area contributed by atoms with E-state index in [9.17, 15) is 18.0 Å². The fourth-order valence-electron chi connectivity index (χ4n) is 5.01. The molecule has 206 valence electrons. The maximum absolute atomic E-state index is 15.5. The van der Waals surface area contributed by atoms with Crippen molar-refractivity contribution in [2.75, 3.05) is 26.4 Å². The second-order valence-electron chi connectivity index (χ2n) is 9.46. The van der Waals surface area contributed by atoms with Gasteiger partial charge in [0.2, 0.25) is 0 Å². The van der Waals surface area contributed by atoms with Crippen LogP contribution in [0.4, 0.5) is 22.0 Å². The third-order valence-electron chi connectivity index (χ3n) is 6.63. The lowest BCUT2D eigenvalue weighted by Gasteiger charge is -2.41. The molecule has 38 heavy (non-hydrogen) atoms. The number of nitrogens with one attached hydrogen (secondary N) is 1. The van der Waals surface area contributed by atoms with Crippen LogP contribution in [0.2, 0.25) is 0 Å². The zero-order valence-electron chi connectivity index (χ0n) is 20.8. The van der Waals surface area contributed by atoms with E-state index < -0.39 is 48.0 Å². The molecular weight excluding hydrogens is 511 g/mol. The summed E-state index contributed by atoms with van der Waals surface area (Å²) in [4.78, 5) is 14.6. The van der Waals surface area contributed by atoms with E-state index in [1.165, 1.54) is 0 Å². The molecule has 1 aromatic heterocycles. The van der Waals surface area contributed by atoms with Crippen molar-refractivity contribution in [3.05, 3.63) is 64.9 Å². The van der Waals surface area contributed by atoms with Gasteiger partial charge in [-0.1, -0.05) is 18.2 Å². The first-order valence-electron chi connectivity index (χ1n) is 12.4. The Balaban J connectivity index is 1.56. The number of carbonyl (C=O) groups is 1. The normalized spacial score (nSPS) is 18.1. The van der Waals surface area contributed by atoms with Crippen LogP contribution in [0.15, 0.2) is 36.4 Å². The molecule has 3 aromatic rings. The number of carboxylic acids is 1. The standard InChI is InChI=1S/C27H29F5N2O4/c1-16-11-19-18-7-3-4-8-22(18)33-25(19)26(34(16)15-27(30,31)32)24-20(28)12-17(13-21(24)29)38-10-6-2-5-9-37-14-23(35)36/h3-4,7-8,12-13,16,26,33H,2,5-6,9-11,14-15H2,1H3,(H,35,36)/t16-,26-/m1/s1. The van der Waals surface area contributed by atoms with Crippen molar-refractivity contribution in [3.63, 3.8) is 0 Å². The lowest BCUT2D eigenvalue weighted by molar-refractivity contribution is -0.155. The molecule has 4 rings (SSSR count). The first kappa shape index (κ1) is 27.8. The van der Waals surface area contributed by atoms with E-state index in [4.69, 9.17) is 14.6 Å². The summed E-state index contributed by atoms with van der Waals surface area (Å²) in [5, 5.41) is 9.35. The fourth-order valence-corrected chi connectivity index (χ4v) is 5.01. The van der Waals surface area contributed by atoms with Crippen molar-refractivity contribution < 1.29 is 41.3 Å². The quantitative estimate of drug-likeness (QED) is 0.231. The molecule has 1 aliphatic rings. The third-order valence-corrected chi connectivity index (χ3v) is 6.63. The number of unbranched alkanes of at least 4 members (excludes halogenated alkanes) is 2. The van der Waals surface area contributed by atoms with Gasteiger partial charge in [0.05, 0.1) is 19.2 Å². The van der Waals surface area contributed by atoms with E-state index >= 15 is 8.78 Å². The number of aromatic nitrogens is 1. The number of hydrogen-bond acceptors (Lipinski definition) is 4. The summed E-state index contributed by atoms with van der Waals surface area (Å²) in [6.45, 7) is 0.365. The van der Waals surface area contributed by atoms with Crippen molar-refractivity contribution >= 4 is 16.9 Å². The fraction of sp³-hybridized carbons (Fsp3) is 0.444. The molecule has 2 heterocycles. The van der Waals surface area contributed by atoms with Crippen molar-refractivity contribution in [1.29, 1.82) is 0 Å². The Morgan fingerprint density at radius 2 is 1.79 bits per heavy atom. The van der Waals surface area contributed by atoms with Gasteiger partial charge in [0.25, 0.3) is 0 Å². The number of aromatic amines is 1. The van der Waals surface area contributed by atoms with Crippen molar-refractivity contribution in [2.24, 2.45) is 0 Å². The molecule has 0 fully saturated rings. The molecule has 0 unspecified atom stereocenters. The Bertz CT molecular complexity index is 1250. The van der Waals surface area contributed by atoms with E-state index in [2.05, 4.69) is 4.98 Å². The summed E-state index contributed by atoms with van der Waals surface area (Å²) in [6.07, 6.45) is -2.47. The number of ether oxygens (including phenoxy) is 2. The Labute approximate surface area is 216 Å². The highest BCUT2D eigenvalue weighted by atomic mass is 19.4. The molecule has 0 amide bonds. The Morgan fingerprint density at radius 1 is 1.11 bits per heavy atom. The SMILES string of the molecule is C[C@@H]1Cc2c([nH]c3ccccc23)[C@@H](c2c(F)cc(OCCCCCOCC(=O)O)cc2F)N1CC(F)(F)F. The van der Waals surface area contributed by atoms with Gasteiger partial charge >= 0.3 is 12.1 Å². The van der Waals surface area contributed by atoms with Crippen molar-refractivity contribution in [2.45, 2.75) is 50.9 Å². The van der Waals surface area contributed by atoms with E-state index in [1.807, 2.05) is 12.1 Å². The lowest BCUT2D eigenvalue weighted by Crippen LogP contribution is -2.47. The van der Waals surface area contributed by atoms with E-state index in [0.717, 1.165) is 28.0 Å². The topological polar surface area (TPSA) is 74.8 Å². The smallest absolute Gasteiger partial charge is 0.401 e. The van der Waals surface area contributed by atoms with Gasteiger partial charge in [-0.05, 0) is 44.2 Å². The summed E-state index contributed by atoms with van der Waals surface area (Å²) in [6, 6.07) is 7.30.